The van der Waals surface area contributed by atoms with Crippen molar-refractivity contribution in [2.24, 2.45) is 0 Å². The van der Waals surface area contributed by atoms with Gasteiger partial charge in [-0.1, -0.05) is 48.5 Å². The number of hydrogen-bond donors (Lipinski definition) is 1. The molecule has 2 aliphatic rings. The van der Waals surface area contributed by atoms with Gasteiger partial charge >= 0.3 is 23.9 Å². The Bertz CT molecular complexity index is 2420. The molecule has 2 aliphatic heterocycles. The van der Waals surface area contributed by atoms with Gasteiger partial charge in [-0.05, 0) is 23.8 Å². The van der Waals surface area contributed by atoms with Crippen LogP contribution in [0.3, 0.4) is 0 Å². The minimum absolute atomic E-state index is 0.0375. The number of benzene rings is 2. The molecular weight excluding hydrogens is 740 g/mol. The van der Waals surface area contributed by atoms with Crippen molar-refractivity contribution < 1.29 is 57.2 Å². The number of imide groups is 1. The van der Waals surface area contributed by atoms with Crippen LogP contribution in [0.15, 0.2) is 85.3 Å². The summed E-state index contributed by atoms with van der Waals surface area (Å²) in [6.45, 7) is 3.92. The van der Waals surface area contributed by atoms with Crippen LogP contribution in [0.4, 0.5) is 0 Å². The lowest BCUT2D eigenvalue weighted by Gasteiger charge is -2.44. The second-order valence-corrected chi connectivity index (χ2v) is 13.4. The highest BCUT2D eigenvalue weighted by atomic mass is 16.7. The number of aromatic amines is 1. The molecule has 57 heavy (non-hydrogen) atoms. The summed E-state index contributed by atoms with van der Waals surface area (Å²) >= 11 is 0. The maximum Gasteiger partial charge on any atom is 0.303 e. The van der Waals surface area contributed by atoms with Gasteiger partial charge in [-0.15, -0.1) is 0 Å². The SMILES string of the molecule is CC(=O)OC[C@H]1O[C@@H](n2cc(C3=C(c4c[nH]c5ccccc45)C(=O)N(COCc4ccccc4)C3=O)c3cccnc32)[C@H](OC(C)=O)[C@@H](OC(C)=O)[C@@H]1OC(C)=O. The third kappa shape index (κ3) is 7.77. The minimum Gasteiger partial charge on any atom is -0.463 e. The Morgan fingerprint density at radius 3 is 2.07 bits per heavy atom. The predicted octanol–water partition coefficient (Wildman–Crippen LogP) is 4.23. The summed E-state index contributed by atoms with van der Waals surface area (Å²) in [6, 6.07) is 20.0. The molecule has 2 amide bonds. The quantitative estimate of drug-likeness (QED) is 0.108. The Morgan fingerprint density at radius 2 is 1.37 bits per heavy atom. The summed E-state index contributed by atoms with van der Waals surface area (Å²) < 4.78 is 36.1. The number of para-hydroxylation sites is 1. The van der Waals surface area contributed by atoms with E-state index in [0.29, 0.717) is 16.3 Å². The number of rotatable bonds is 12. The van der Waals surface area contributed by atoms with Crippen LogP contribution in [0.1, 0.15) is 50.6 Å². The number of H-pyrrole nitrogens is 1. The maximum absolute atomic E-state index is 14.6. The molecule has 1 fully saturated rings. The van der Waals surface area contributed by atoms with Crippen LogP contribution in [0.5, 0.6) is 0 Å². The van der Waals surface area contributed by atoms with E-state index < -0.39 is 72.9 Å². The summed E-state index contributed by atoms with van der Waals surface area (Å²) in [5.41, 5.74) is 2.69. The normalized spacial score (nSPS) is 20.9. The molecule has 294 valence electrons. The fraction of sp³-hybridized carbons (Fsp3) is 0.293. The Hall–Kier alpha value is -6.65. The first kappa shape index (κ1) is 38.6. The molecule has 0 saturated carbocycles. The minimum atomic E-state index is -1.47. The lowest BCUT2D eigenvalue weighted by Crippen LogP contribution is -2.60. The van der Waals surface area contributed by atoms with Gasteiger partial charge in [0.05, 0.1) is 17.8 Å². The van der Waals surface area contributed by atoms with E-state index in [0.717, 1.165) is 36.8 Å². The van der Waals surface area contributed by atoms with Crippen LogP contribution in [0, 0.1) is 0 Å². The van der Waals surface area contributed by atoms with Gasteiger partial charge in [0.15, 0.2) is 24.5 Å². The number of esters is 4. The van der Waals surface area contributed by atoms with E-state index in [-0.39, 0.29) is 35.7 Å². The van der Waals surface area contributed by atoms with Crippen LogP contribution in [-0.4, -0.2) is 92.9 Å². The molecule has 3 aromatic heterocycles. The van der Waals surface area contributed by atoms with Crippen molar-refractivity contribution in [2.75, 3.05) is 13.3 Å². The first-order valence-electron chi connectivity index (χ1n) is 18.0. The molecule has 0 spiro atoms. The largest absolute Gasteiger partial charge is 0.463 e. The molecule has 16 nitrogen and oxygen atoms in total. The molecule has 0 unspecified atom stereocenters. The van der Waals surface area contributed by atoms with Crippen molar-refractivity contribution >= 4 is 68.8 Å². The summed E-state index contributed by atoms with van der Waals surface area (Å²) in [6.07, 6.45) is -2.28. The Kier molecular flexibility index (Phi) is 11.0. The average molecular weight is 779 g/mol. The van der Waals surface area contributed by atoms with Crippen LogP contribution in [0.2, 0.25) is 0 Å². The highest BCUT2D eigenvalue weighted by Crippen LogP contribution is 2.43. The first-order valence-corrected chi connectivity index (χ1v) is 18.0. The molecule has 5 aromatic rings. The lowest BCUT2D eigenvalue weighted by atomic mass is 9.96. The molecule has 0 aliphatic carbocycles. The maximum atomic E-state index is 14.6. The van der Waals surface area contributed by atoms with Crippen LogP contribution >= 0.6 is 0 Å². The van der Waals surface area contributed by atoms with Crippen molar-refractivity contribution in [1.82, 2.24) is 19.4 Å². The van der Waals surface area contributed by atoms with Crippen molar-refractivity contribution in [3.8, 4) is 0 Å². The number of pyridine rings is 1. The number of carbonyl (C=O) groups excluding carboxylic acids is 6. The molecule has 1 N–H and O–H groups in total. The number of ether oxygens (including phenoxy) is 6. The molecule has 7 rings (SSSR count). The molecule has 16 heteroatoms. The average Bonchev–Trinajstić information content (AvgIpc) is 3.84. The van der Waals surface area contributed by atoms with Crippen LogP contribution in [0.25, 0.3) is 33.1 Å². The van der Waals surface area contributed by atoms with Crippen molar-refractivity contribution in [3.63, 3.8) is 0 Å². The number of fused-ring (bicyclic) bond motifs is 2. The molecule has 5 heterocycles. The Morgan fingerprint density at radius 1 is 0.737 bits per heavy atom. The molecule has 0 radical (unpaired) electrons. The molecule has 2 aromatic carbocycles. The third-order valence-corrected chi connectivity index (χ3v) is 9.46. The number of carbonyl (C=O) groups is 6. The van der Waals surface area contributed by atoms with Crippen LogP contribution in [-0.2, 0) is 63.8 Å². The number of hydrogen-bond acceptors (Lipinski definition) is 13. The van der Waals surface area contributed by atoms with Gasteiger partial charge in [-0.2, -0.15) is 0 Å². The van der Waals surface area contributed by atoms with Crippen molar-refractivity contribution in [1.29, 1.82) is 0 Å². The van der Waals surface area contributed by atoms with E-state index in [9.17, 15) is 28.8 Å². The number of aromatic nitrogens is 3. The van der Waals surface area contributed by atoms with E-state index in [2.05, 4.69) is 9.97 Å². The van der Waals surface area contributed by atoms with Crippen LogP contribution < -0.4 is 0 Å². The zero-order chi connectivity index (χ0) is 40.4. The summed E-state index contributed by atoms with van der Waals surface area (Å²) in [7, 11) is 0. The standard InChI is InChI=1S/C41H38N4O12/c1-22(46)53-20-32-35(54-23(2)47)36(55-24(3)48)37(56-25(4)49)41(57-32)44-18-30(28-14-10-16-42-38(28)44)34-33(29-17-43-31-15-9-8-13-27(29)31)39(50)45(40(34)51)21-52-19-26-11-6-5-7-12-26/h5-18,32,35-37,41,43H,19-21H2,1-4H3/t32-,35-,36+,37-,41-/m1/s1. The summed E-state index contributed by atoms with van der Waals surface area (Å²) in [5, 5.41) is 1.10. The number of nitrogens with one attached hydrogen (secondary N) is 1. The van der Waals surface area contributed by atoms with Gasteiger partial charge in [-0.25, -0.2) is 9.88 Å². The highest BCUT2D eigenvalue weighted by Gasteiger charge is 2.53. The van der Waals surface area contributed by atoms with E-state index >= 15 is 0 Å². The fourth-order valence-corrected chi connectivity index (χ4v) is 7.21. The second kappa shape index (κ2) is 16.2. The first-order chi connectivity index (χ1) is 27.4. The van der Waals surface area contributed by atoms with Gasteiger partial charge in [0, 0.05) is 73.7 Å². The zero-order valence-corrected chi connectivity index (χ0v) is 31.3. The molecular formula is C41H38N4O12. The van der Waals surface area contributed by atoms with E-state index in [1.165, 1.54) is 23.9 Å². The summed E-state index contributed by atoms with van der Waals surface area (Å²) in [5.74, 6) is -4.26. The number of nitrogens with zero attached hydrogens (tertiary/aromatic N) is 3. The van der Waals surface area contributed by atoms with Crippen molar-refractivity contribution in [2.45, 2.75) is 64.9 Å². The number of amides is 2. The monoisotopic (exact) mass is 778 g/mol. The zero-order valence-electron chi connectivity index (χ0n) is 31.3. The Balaban J connectivity index is 1.39. The third-order valence-electron chi connectivity index (χ3n) is 9.46. The lowest BCUT2D eigenvalue weighted by molar-refractivity contribution is -0.267. The smallest absolute Gasteiger partial charge is 0.303 e. The van der Waals surface area contributed by atoms with Gasteiger partial charge in [0.2, 0.25) is 0 Å². The van der Waals surface area contributed by atoms with E-state index in [1.54, 1.807) is 18.3 Å². The highest BCUT2D eigenvalue weighted by molar-refractivity contribution is 6.50. The summed E-state index contributed by atoms with van der Waals surface area (Å²) in [4.78, 5) is 87.4. The fourth-order valence-electron chi connectivity index (χ4n) is 7.21. The van der Waals surface area contributed by atoms with Gasteiger partial charge in [0.1, 0.15) is 25.1 Å². The van der Waals surface area contributed by atoms with Gasteiger partial charge in [0.25, 0.3) is 11.8 Å². The molecule has 1 saturated heterocycles. The van der Waals surface area contributed by atoms with Gasteiger partial charge < -0.3 is 38.0 Å². The van der Waals surface area contributed by atoms with Crippen molar-refractivity contribution in [3.05, 3.63) is 102 Å². The molecule has 0 bridgehead atoms. The van der Waals surface area contributed by atoms with E-state index in [1.807, 2.05) is 54.6 Å². The van der Waals surface area contributed by atoms with Gasteiger partial charge in [-0.3, -0.25) is 28.8 Å². The predicted molar refractivity (Wildman–Crippen MR) is 200 cm³/mol. The second-order valence-electron chi connectivity index (χ2n) is 13.4. The topological polar surface area (TPSA) is 195 Å². The van der Waals surface area contributed by atoms with E-state index in [4.69, 9.17) is 28.4 Å². The molecule has 5 atom stereocenters. The Labute approximate surface area is 325 Å².